The van der Waals surface area contributed by atoms with Gasteiger partial charge in [-0.3, -0.25) is 19.6 Å². The molecule has 1 aliphatic heterocycles. The number of aromatic nitrogens is 1. The second-order valence-corrected chi connectivity index (χ2v) is 6.83. The van der Waals surface area contributed by atoms with Crippen molar-refractivity contribution >= 4 is 5.91 Å². The molecule has 1 atom stereocenters. The Hall–Kier alpha value is -2.38. The first-order valence-electron chi connectivity index (χ1n) is 9.10. The number of pyridine rings is 1. The topological polar surface area (TPSA) is 48.5 Å². The first-order chi connectivity index (χ1) is 13.0. The molecule has 3 rings (SSSR count). The summed E-state index contributed by atoms with van der Waals surface area (Å²) in [5.41, 5.74) is 1.32. The fourth-order valence-electron chi connectivity index (χ4n) is 3.25. The lowest BCUT2D eigenvalue weighted by atomic mass is 10.1. The van der Waals surface area contributed by atoms with E-state index in [4.69, 9.17) is 0 Å². The minimum Gasteiger partial charge on any atom is -0.348 e. The molecule has 1 fully saturated rings. The van der Waals surface area contributed by atoms with Crippen molar-refractivity contribution < 1.29 is 13.6 Å². The van der Waals surface area contributed by atoms with Crippen LogP contribution in [0, 0.1) is 11.6 Å². The maximum absolute atomic E-state index is 13.8. The van der Waals surface area contributed by atoms with Crippen LogP contribution in [0.1, 0.15) is 24.2 Å². The van der Waals surface area contributed by atoms with Gasteiger partial charge in [0, 0.05) is 50.6 Å². The van der Waals surface area contributed by atoms with Gasteiger partial charge >= 0.3 is 0 Å². The van der Waals surface area contributed by atoms with Crippen LogP contribution >= 0.6 is 0 Å². The molecule has 1 N–H and O–H groups in total. The van der Waals surface area contributed by atoms with E-state index in [9.17, 15) is 13.6 Å². The van der Waals surface area contributed by atoms with Crippen molar-refractivity contribution in [1.82, 2.24) is 20.1 Å². The monoisotopic (exact) mass is 374 g/mol. The van der Waals surface area contributed by atoms with Gasteiger partial charge in [0.25, 0.3) is 0 Å². The van der Waals surface area contributed by atoms with Gasteiger partial charge in [-0.1, -0.05) is 12.1 Å². The number of benzene rings is 1. The highest BCUT2D eigenvalue weighted by Gasteiger charge is 2.21. The van der Waals surface area contributed by atoms with Gasteiger partial charge in [0.15, 0.2) is 0 Å². The molecule has 5 nitrogen and oxygen atoms in total. The zero-order valence-corrected chi connectivity index (χ0v) is 15.4. The van der Waals surface area contributed by atoms with Crippen LogP contribution < -0.4 is 5.32 Å². The molecule has 0 spiro atoms. The Balaban J connectivity index is 1.44. The highest BCUT2D eigenvalue weighted by molar-refractivity contribution is 5.78. The Labute approximate surface area is 158 Å². The molecule has 1 aromatic heterocycles. The van der Waals surface area contributed by atoms with E-state index >= 15 is 0 Å². The van der Waals surface area contributed by atoms with Gasteiger partial charge in [-0.15, -0.1) is 0 Å². The standard InChI is InChI=1S/C20H24F2N4O/c1-15(18-6-5-16(21)12-19(18)22)24-20(27)14-26-10-8-25(9-11-26)13-17-4-2-3-7-23-17/h2-7,12,15H,8-11,13-14H2,1H3,(H,24,27). The first-order valence-corrected chi connectivity index (χ1v) is 9.10. The second-order valence-electron chi connectivity index (χ2n) is 6.83. The van der Waals surface area contributed by atoms with Crippen molar-refractivity contribution in [2.45, 2.75) is 19.5 Å². The smallest absolute Gasteiger partial charge is 0.234 e. The molecule has 1 saturated heterocycles. The summed E-state index contributed by atoms with van der Waals surface area (Å²) in [5, 5.41) is 2.79. The molecular formula is C20H24F2N4O. The number of carbonyl (C=O) groups is 1. The Kier molecular flexibility index (Phi) is 6.47. The second kappa shape index (κ2) is 9.01. The van der Waals surface area contributed by atoms with Gasteiger partial charge in [-0.05, 0) is 25.1 Å². The van der Waals surface area contributed by atoms with Gasteiger partial charge in [-0.25, -0.2) is 8.78 Å². The summed E-state index contributed by atoms with van der Waals surface area (Å²) in [6.45, 7) is 6.09. The van der Waals surface area contributed by atoms with Crippen LogP contribution in [0.2, 0.25) is 0 Å². The molecule has 1 amide bonds. The van der Waals surface area contributed by atoms with E-state index in [1.807, 2.05) is 18.2 Å². The summed E-state index contributed by atoms with van der Waals surface area (Å²) in [4.78, 5) is 21.0. The third kappa shape index (κ3) is 5.55. The minimum atomic E-state index is -0.647. The third-order valence-corrected chi connectivity index (χ3v) is 4.75. The SMILES string of the molecule is CC(NC(=O)CN1CCN(Cc2ccccn2)CC1)c1ccc(F)cc1F. The van der Waals surface area contributed by atoms with Crippen LogP contribution in [-0.4, -0.2) is 53.4 Å². The van der Waals surface area contributed by atoms with Crippen LogP contribution in [0.25, 0.3) is 0 Å². The quantitative estimate of drug-likeness (QED) is 0.843. The Bertz CT molecular complexity index is 764. The molecule has 144 valence electrons. The Morgan fingerprint density at radius 3 is 2.56 bits per heavy atom. The highest BCUT2D eigenvalue weighted by Crippen LogP contribution is 2.17. The van der Waals surface area contributed by atoms with Crippen LogP contribution in [0.15, 0.2) is 42.6 Å². The summed E-state index contributed by atoms with van der Waals surface area (Å²) < 4.78 is 26.8. The first kappa shape index (κ1) is 19.4. The molecule has 1 unspecified atom stereocenters. The van der Waals surface area contributed by atoms with Crippen molar-refractivity contribution in [2.75, 3.05) is 32.7 Å². The maximum atomic E-state index is 13.8. The van der Waals surface area contributed by atoms with Crippen molar-refractivity contribution in [3.63, 3.8) is 0 Å². The van der Waals surface area contributed by atoms with E-state index in [2.05, 4.69) is 20.1 Å². The molecule has 27 heavy (non-hydrogen) atoms. The van der Waals surface area contributed by atoms with Crippen molar-refractivity contribution in [2.24, 2.45) is 0 Å². The van der Waals surface area contributed by atoms with Gasteiger partial charge in [0.1, 0.15) is 11.6 Å². The normalized spacial score (nSPS) is 16.9. The number of nitrogens with zero attached hydrogens (tertiary/aromatic N) is 3. The van der Waals surface area contributed by atoms with Crippen molar-refractivity contribution in [3.05, 3.63) is 65.5 Å². The predicted molar refractivity (Wildman–Crippen MR) is 98.9 cm³/mol. The van der Waals surface area contributed by atoms with Crippen molar-refractivity contribution in [3.8, 4) is 0 Å². The van der Waals surface area contributed by atoms with E-state index in [-0.39, 0.29) is 18.0 Å². The lowest BCUT2D eigenvalue weighted by Gasteiger charge is -2.34. The van der Waals surface area contributed by atoms with E-state index in [1.165, 1.54) is 12.1 Å². The van der Waals surface area contributed by atoms with E-state index < -0.39 is 17.7 Å². The van der Waals surface area contributed by atoms with E-state index in [0.717, 1.165) is 44.5 Å². The Morgan fingerprint density at radius 2 is 1.89 bits per heavy atom. The number of halogens is 2. The number of amides is 1. The highest BCUT2D eigenvalue weighted by atomic mass is 19.1. The number of hydrogen-bond donors (Lipinski definition) is 1. The summed E-state index contributed by atoms with van der Waals surface area (Å²) >= 11 is 0. The summed E-state index contributed by atoms with van der Waals surface area (Å²) in [5.74, 6) is -1.44. The average Bonchev–Trinajstić information content (AvgIpc) is 2.64. The predicted octanol–water partition coefficient (Wildman–Crippen LogP) is 2.35. The van der Waals surface area contributed by atoms with Crippen LogP contribution in [0.4, 0.5) is 8.78 Å². The van der Waals surface area contributed by atoms with E-state index in [0.29, 0.717) is 0 Å². The minimum absolute atomic E-state index is 0.163. The molecule has 0 aliphatic carbocycles. The lowest BCUT2D eigenvalue weighted by Crippen LogP contribution is -2.49. The zero-order chi connectivity index (χ0) is 19.2. The summed E-state index contributed by atoms with van der Waals surface area (Å²) in [7, 11) is 0. The molecule has 1 aromatic carbocycles. The molecule has 0 bridgehead atoms. The molecule has 2 heterocycles. The molecule has 0 radical (unpaired) electrons. The van der Waals surface area contributed by atoms with Crippen LogP contribution in [-0.2, 0) is 11.3 Å². The molecule has 7 heteroatoms. The summed E-state index contributed by atoms with van der Waals surface area (Å²) in [6, 6.07) is 8.78. The third-order valence-electron chi connectivity index (χ3n) is 4.75. The largest absolute Gasteiger partial charge is 0.348 e. The lowest BCUT2D eigenvalue weighted by molar-refractivity contribution is -0.123. The van der Waals surface area contributed by atoms with Crippen LogP contribution in [0.5, 0.6) is 0 Å². The van der Waals surface area contributed by atoms with Gasteiger partial charge in [0.2, 0.25) is 5.91 Å². The Morgan fingerprint density at radius 1 is 1.15 bits per heavy atom. The molecule has 0 saturated carbocycles. The van der Waals surface area contributed by atoms with Gasteiger partial charge in [-0.2, -0.15) is 0 Å². The summed E-state index contributed by atoms with van der Waals surface area (Å²) in [6.07, 6.45) is 1.79. The number of hydrogen-bond acceptors (Lipinski definition) is 4. The number of carbonyl (C=O) groups excluding carboxylic acids is 1. The molecular weight excluding hydrogens is 350 g/mol. The van der Waals surface area contributed by atoms with Crippen molar-refractivity contribution in [1.29, 1.82) is 0 Å². The number of rotatable bonds is 6. The fraction of sp³-hybridized carbons (Fsp3) is 0.400. The average molecular weight is 374 g/mol. The van der Waals surface area contributed by atoms with Gasteiger partial charge < -0.3 is 5.32 Å². The number of piperazine rings is 1. The maximum Gasteiger partial charge on any atom is 0.234 e. The fourth-order valence-corrected chi connectivity index (χ4v) is 3.25. The molecule has 1 aliphatic rings. The van der Waals surface area contributed by atoms with Crippen LogP contribution in [0.3, 0.4) is 0 Å². The number of nitrogens with one attached hydrogen (secondary N) is 1. The van der Waals surface area contributed by atoms with E-state index in [1.54, 1.807) is 13.1 Å². The zero-order valence-electron chi connectivity index (χ0n) is 15.4. The molecule has 2 aromatic rings. The van der Waals surface area contributed by atoms with Gasteiger partial charge in [0.05, 0.1) is 18.3 Å².